The highest BCUT2D eigenvalue weighted by Gasteiger charge is 2.22. The average molecular weight is 261 g/mol. The van der Waals surface area contributed by atoms with Crippen LogP contribution in [0.5, 0.6) is 0 Å². The number of aryl methyl sites for hydroxylation is 1. The predicted octanol–water partition coefficient (Wildman–Crippen LogP) is 2.41. The number of aliphatic hydroxyl groups is 1. The molecule has 0 saturated carbocycles. The molecule has 3 nitrogen and oxygen atoms in total. The molecule has 3 heteroatoms. The number of aliphatic hydroxyl groups excluding tert-OH is 1. The molecule has 1 aromatic carbocycles. The van der Waals surface area contributed by atoms with Crippen molar-refractivity contribution in [3.05, 3.63) is 35.4 Å². The second-order valence-corrected chi connectivity index (χ2v) is 5.45. The van der Waals surface area contributed by atoms with E-state index in [1.165, 1.54) is 6.42 Å². The van der Waals surface area contributed by atoms with Crippen LogP contribution in [0.15, 0.2) is 24.3 Å². The summed E-state index contributed by atoms with van der Waals surface area (Å²) < 4.78 is 0. The molecular formula is C16H23NO2. The van der Waals surface area contributed by atoms with E-state index in [1.807, 2.05) is 31.2 Å². The van der Waals surface area contributed by atoms with Gasteiger partial charge >= 0.3 is 0 Å². The maximum absolute atomic E-state index is 12.3. The highest BCUT2D eigenvalue weighted by molar-refractivity contribution is 5.97. The van der Waals surface area contributed by atoms with Gasteiger partial charge in [-0.3, -0.25) is 9.69 Å². The van der Waals surface area contributed by atoms with Gasteiger partial charge < -0.3 is 5.11 Å². The number of nitrogens with zero attached hydrogens (tertiary/aromatic N) is 1. The first-order valence-electron chi connectivity index (χ1n) is 7.15. The first kappa shape index (κ1) is 14.2. The number of rotatable bonds is 4. The zero-order valence-electron chi connectivity index (χ0n) is 11.6. The van der Waals surface area contributed by atoms with Crippen LogP contribution >= 0.6 is 0 Å². The van der Waals surface area contributed by atoms with Crippen molar-refractivity contribution in [3.8, 4) is 0 Å². The highest BCUT2D eigenvalue weighted by atomic mass is 16.3. The van der Waals surface area contributed by atoms with Crippen molar-refractivity contribution in [3.63, 3.8) is 0 Å². The molecule has 1 aliphatic rings. The lowest BCUT2D eigenvalue weighted by Gasteiger charge is -2.27. The quantitative estimate of drug-likeness (QED) is 0.846. The third-order valence-corrected chi connectivity index (χ3v) is 3.90. The molecule has 19 heavy (non-hydrogen) atoms. The van der Waals surface area contributed by atoms with E-state index in [4.69, 9.17) is 0 Å². The van der Waals surface area contributed by atoms with E-state index in [0.717, 1.165) is 36.9 Å². The maximum atomic E-state index is 12.3. The van der Waals surface area contributed by atoms with E-state index in [-0.39, 0.29) is 18.4 Å². The summed E-state index contributed by atoms with van der Waals surface area (Å²) in [6.07, 6.45) is 4.47. The molecule has 1 fully saturated rings. The Balaban J connectivity index is 2.04. The van der Waals surface area contributed by atoms with Gasteiger partial charge in [-0.2, -0.15) is 0 Å². The number of carbonyl (C=O) groups excluding carboxylic acids is 1. The molecule has 0 aromatic heterocycles. The summed E-state index contributed by atoms with van der Waals surface area (Å²) in [5.74, 6) is 0.157. The Labute approximate surface area is 115 Å². The Morgan fingerprint density at radius 2 is 2.21 bits per heavy atom. The predicted molar refractivity (Wildman–Crippen MR) is 76.4 cm³/mol. The molecular weight excluding hydrogens is 238 g/mol. The van der Waals surface area contributed by atoms with E-state index >= 15 is 0 Å². The van der Waals surface area contributed by atoms with Crippen LogP contribution in [0, 0.1) is 6.92 Å². The fourth-order valence-electron chi connectivity index (χ4n) is 2.75. The Morgan fingerprint density at radius 3 is 2.95 bits per heavy atom. The Kier molecular flexibility index (Phi) is 5.11. The van der Waals surface area contributed by atoms with E-state index in [2.05, 4.69) is 4.90 Å². The Hall–Kier alpha value is -1.19. The first-order valence-corrected chi connectivity index (χ1v) is 7.15. The van der Waals surface area contributed by atoms with Gasteiger partial charge in [-0.25, -0.2) is 0 Å². The van der Waals surface area contributed by atoms with Crippen molar-refractivity contribution in [2.45, 2.75) is 38.6 Å². The van der Waals surface area contributed by atoms with Crippen LogP contribution in [-0.2, 0) is 0 Å². The number of likely N-dealkylation sites (tertiary alicyclic amines) is 1. The van der Waals surface area contributed by atoms with Gasteiger partial charge in [0.25, 0.3) is 0 Å². The lowest BCUT2D eigenvalue weighted by molar-refractivity contribution is 0.0826. The van der Waals surface area contributed by atoms with E-state index in [0.29, 0.717) is 6.54 Å². The molecule has 1 aliphatic heterocycles. The van der Waals surface area contributed by atoms with Gasteiger partial charge in [-0.05, 0) is 32.4 Å². The van der Waals surface area contributed by atoms with Crippen molar-refractivity contribution < 1.29 is 9.90 Å². The SMILES string of the molecule is Cc1cccc(C(=O)CN2CCCCCC2CO)c1. The van der Waals surface area contributed by atoms with Crippen molar-refractivity contribution >= 4 is 5.78 Å². The number of hydrogen-bond acceptors (Lipinski definition) is 3. The van der Waals surface area contributed by atoms with Crippen molar-refractivity contribution in [2.24, 2.45) is 0 Å². The molecule has 0 amide bonds. The van der Waals surface area contributed by atoms with E-state index < -0.39 is 0 Å². The van der Waals surface area contributed by atoms with E-state index in [1.54, 1.807) is 0 Å². The van der Waals surface area contributed by atoms with Gasteiger partial charge in [-0.15, -0.1) is 0 Å². The van der Waals surface area contributed by atoms with Crippen molar-refractivity contribution in [1.82, 2.24) is 4.90 Å². The zero-order valence-corrected chi connectivity index (χ0v) is 11.6. The van der Waals surface area contributed by atoms with Gasteiger partial charge in [0.1, 0.15) is 0 Å². The highest BCUT2D eigenvalue weighted by Crippen LogP contribution is 2.17. The molecule has 1 heterocycles. The summed E-state index contributed by atoms with van der Waals surface area (Å²) in [7, 11) is 0. The van der Waals surface area contributed by atoms with Crippen molar-refractivity contribution in [1.29, 1.82) is 0 Å². The number of Topliss-reactive ketones (excluding diaryl/α,β-unsaturated/α-hetero) is 1. The largest absolute Gasteiger partial charge is 0.395 e. The normalized spacial score (nSPS) is 21.1. The molecule has 1 N–H and O–H groups in total. The molecule has 0 spiro atoms. The van der Waals surface area contributed by atoms with Gasteiger partial charge in [-0.1, -0.05) is 36.6 Å². The Bertz CT molecular complexity index is 431. The molecule has 0 aliphatic carbocycles. The minimum atomic E-state index is 0.149. The molecule has 2 rings (SSSR count). The molecule has 1 saturated heterocycles. The zero-order chi connectivity index (χ0) is 13.7. The summed E-state index contributed by atoms with van der Waals surface area (Å²) in [6.45, 7) is 3.50. The minimum absolute atomic E-state index is 0.149. The van der Waals surface area contributed by atoms with Gasteiger partial charge in [0.05, 0.1) is 13.2 Å². The molecule has 1 atom stereocenters. The number of hydrogen-bond donors (Lipinski definition) is 1. The van der Waals surface area contributed by atoms with Crippen LogP contribution in [0.2, 0.25) is 0 Å². The maximum Gasteiger partial charge on any atom is 0.176 e. The monoisotopic (exact) mass is 261 g/mol. The Morgan fingerprint density at radius 1 is 1.37 bits per heavy atom. The van der Waals surface area contributed by atoms with Crippen LogP contribution in [0.25, 0.3) is 0 Å². The van der Waals surface area contributed by atoms with Crippen LogP contribution < -0.4 is 0 Å². The number of benzene rings is 1. The lowest BCUT2D eigenvalue weighted by Crippen LogP contribution is -2.40. The average Bonchev–Trinajstić information content (AvgIpc) is 2.63. The summed E-state index contributed by atoms with van der Waals surface area (Å²) in [5.41, 5.74) is 1.89. The fraction of sp³-hybridized carbons (Fsp3) is 0.562. The van der Waals surface area contributed by atoms with Crippen LogP contribution in [0.3, 0.4) is 0 Å². The first-order chi connectivity index (χ1) is 9.20. The minimum Gasteiger partial charge on any atom is -0.395 e. The van der Waals surface area contributed by atoms with Crippen LogP contribution in [0.4, 0.5) is 0 Å². The smallest absolute Gasteiger partial charge is 0.176 e. The number of carbonyl (C=O) groups is 1. The van der Waals surface area contributed by atoms with Gasteiger partial charge in [0.2, 0.25) is 0 Å². The van der Waals surface area contributed by atoms with Crippen LogP contribution in [-0.4, -0.2) is 41.5 Å². The van der Waals surface area contributed by atoms with Gasteiger partial charge in [0, 0.05) is 11.6 Å². The second-order valence-electron chi connectivity index (χ2n) is 5.45. The molecule has 0 bridgehead atoms. The summed E-state index contributed by atoms with van der Waals surface area (Å²) in [6, 6.07) is 7.89. The summed E-state index contributed by atoms with van der Waals surface area (Å²) >= 11 is 0. The molecule has 1 aromatic rings. The lowest BCUT2D eigenvalue weighted by atomic mass is 10.1. The topological polar surface area (TPSA) is 40.5 Å². The van der Waals surface area contributed by atoms with Crippen LogP contribution in [0.1, 0.15) is 41.6 Å². The van der Waals surface area contributed by atoms with Crippen molar-refractivity contribution in [2.75, 3.05) is 19.7 Å². The fourth-order valence-corrected chi connectivity index (χ4v) is 2.75. The van der Waals surface area contributed by atoms with Gasteiger partial charge in [0.15, 0.2) is 5.78 Å². The summed E-state index contributed by atoms with van der Waals surface area (Å²) in [4.78, 5) is 14.5. The second kappa shape index (κ2) is 6.83. The summed E-state index contributed by atoms with van der Waals surface area (Å²) in [5, 5.41) is 9.46. The molecule has 1 unspecified atom stereocenters. The van der Waals surface area contributed by atoms with E-state index in [9.17, 15) is 9.90 Å². The number of ketones is 1. The molecule has 0 radical (unpaired) electrons. The molecule has 104 valence electrons. The third kappa shape index (κ3) is 3.88. The standard InChI is InChI=1S/C16H23NO2/c1-13-6-5-7-14(10-13)16(19)11-17-9-4-2-3-8-15(17)12-18/h5-7,10,15,18H,2-4,8-9,11-12H2,1H3. The third-order valence-electron chi connectivity index (χ3n) is 3.90.